The van der Waals surface area contributed by atoms with E-state index in [9.17, 15) is 8.78 Å². The van der Waals surface area contributed by atoms with E-state index in [0.29, 0.717) is 0 Å². The summed E-state index contributed by atoms with van der Waals surface area (Å²) in [5, 5.41) is 7.24. The maximum atomic E-state index is 10.6. The molecule has 0 amide bonds. The minimum absolute atomic E-state index is 0. The van der Waals surface area contributed by atoms with E-state index in [1.807, 2.05) is 0 Å². The Bertz CT molecular complexity index is 64.7. The van der Waals surface area contributed by atoms with Crippen molar-refractivity contribution in [1.29, 1.82) is 0 Å². The first-order valence-electron chi connectivity index (χ1n) is 1.15. The molecule has 0 aliphatic carbocycles. The summed E-state index contributed by atoms with van der Waals surface area (Å²) in [4.78, 5) is 8.95. The molecule has 0 bridgehead atoms. The van der Waals surface area contributed by atoms with Crippen LogP contribution in [0.1, 0.15) is 0 Å². The number of aliphatic carboxylic acids is 1. The molecule has 5 heteroatoms. The van der Waals surface area contributed by atoms with E-state index in [0.717, 1.165) is 0 Å². The van der Waals surface area contributed by atoms with Gasteiger partial charge in [0.2, 0.25) is 0 Å². The highest BCUT2D eigenvalue weighted by molar-refractivity contribution is 6.92. The second-order valence-electron chi connectivity index (χ2n) is 0.639. The molecule has 2 nitrogen and oxygen atoms in total. The van der Waals surface area contributed by atoms with Crippen LogP contribution in [0.15, 0.2) is 0 Å². The van der Waals surface area contributed by atoms with Gasteiger partial charge in [0, 0.05) is 0 Å². The van der Waals surface area contributed by atoms with E-state index in [1.165, 1.54) is 0 Å². The van der Waals surface area contributed by atoms with Crippen molar-refractivity contribution in [1.82, 2.24) is 0 Å². The van der Waals surface area contributed by atoms with Crippen molar-refractivity contribution in [3.05, 3.63) is 0 Å². The molecule has 0 aromatic heterocycles. The Labute approximate surface area is 42.1 Å². The summed E-state index contributed by atoms with van der Waals surface area (Å²) < 4.78 is 21.1. The average Bonchev–Trinajstić information content (AvgIpc) is 1.36. The van der Waals surface area contributed by atoms with Crippen molar-refractivity contribution in [3.8, 4) is 0 Å². The lowest BCUT2D eigenvalue weighted by Crippen LogP contribution is -2.06. The van der Waals surface area contributed by atoms with Crippen molar-refractivity contribution in [2.45, 2.75) is 6.43 Å². The highest BCUT2D eigenvalue weighted by Gasteiger charge is 2.10. The van der Waals surface area contributed by atoms with Crippen LogP contribution >= 0.6 is 9.90 Å². The lowest BCUT2D eigenvalue weighted by molar-refractivity contribution is -0.149. The molecular weight excluding hydrogens is 125 g/mol. The Kier molecular flexibility index (Phi) is 5.56. The number of carboxylic acid groups (broad SMARTS) is 1. The van der Waals surface area contributed by atoms with E-state index in [2.05, 4.69) is 0 Å². The third-order valence-electron chi connectivity index (χ3n) is 0.187. The number of carboxylic acids is 1. The zero-order chi connectivity index (χ0) is 5.15. The summed E-state index contributed by atoms with van der Waals surface area (Å²) in [5.41, 5.74) is 0. The normalized spacial score (nSPS) is 7.86. The van der Waals surface area contributed by atoms with Gasteiger partial charge in [-0.25, -0.2) is 4.79 Å². The van der Waals surface area contributed by atoms with Gasteiger partial charge in [0.05, 0.1) is 0 Å². The minimum atomic E-state index is -3.23. The molecule has 0 fully saturated rings. The van der Waals surface area contributed by atoms with E-state index in [4.69, 9.17) is 9.90 Å². The Morgan fingerprint density at radius 2 is 1.71 bits per heavy atom. The van der Waals surface area contributed by atoms with E-state index in [1.54, 1.807) is 0 Å². The zero-order valence-corrected chi connectivity index (χ0v) is 4.81. The van der Waals surface area contributed by atoms with Crippen LogP contribution in [-0.4, -0.2) is 17.5 Å². The van der Waals surface area contributed by atoms with Crippen molar-refractivity contribution < 1.29 is 18.7 Å². The molecular formula is C2H5F2O2P. The molecule has 0 aliphatic rings. The van der Waals surface area contributed by atoms with Gasteiger partial charge >= 0.3 is 12.4 Å². The monoisotopic (exact) mass is 130 g/mol. The van der Waals surface area contributed by atoms with Gasteiger partial charge in [0.25, 0.3) is 0 Å². The summed E-state index contributed by atoms with van der Waals surface area (Å²) in [6.07, 6.45) is -3.23. The van der Waals surface area contributed by atoms with Gasteiger partial charge < -0.3 is 5.11 Å². The van der Waals surface area contributed by atoms with Crippen LogP contribution in [0.3, 0.4) is 0 Å². The minimum Gasteiger partial charge on any atom is -0.477 e. The lowest BCUT2D eigenvalue weighted by atomic mass is 10.7. The molecule has 0 saturated carbocycles. The molecule has 1 unspecified atom stereocenters. The van der Waals surface area contributed by atoms with Crippen LogP contribution in [0, 0.1) is 0 Å². The molecule has 0 aromatic carbocycles. The predicted molar refractivity (Wildman–Crippen MR) is 24.7 cm³/mol. The molecule has 7 heavy (non-hydrogen) atoms. The molecule has 0 aromatic rings. The topological polar surface area (TPSA) is 37.3 Å². The number of hydrogen-bond donors (Lipinski definition) is 1. The van der Waals surface area contributed by atoms with Gasteiger partial charge in [-0.1, -0.05) is 0 Å². The molecule has 0 heterocycles. The second-order valence-corrected chi connectivity index (χ2v) is 0.639. The van der Waals surface area contributed by atoms with E-state index < -0.39 is 12.4 Å². The highest BCUT2D eigenvalue weighted by Crippen LogP contribution is 1.87. The molecule has 0 saturated heterocycles. The average molecular weight is 130 g/mol. The molecule has 1 N–H and O–H groups in total. The first kappa shape index (κ1) is 9.90. The third-order valence-corrected chi connectivity index (χ3v) is 0.187. The molecule has 1 atom stereocenters. The van der Waals surface area contributed by atoms with Gasteiger partial charge in [-0.05, 0) is 0 Å². The summed E-state index contributed by atoms with van der Waals surface area (Å²) in [5.74, 6) is -2.07. The molecule has 0 radical (unpaired) electrons. The van der Waals surface area contributed by atoms with Gasteiger partial charge in [-0.2, -0.15) is 18.7 Å². The summed E-state index contributed by atoms with van der Waals surface area (Å²) in [6, 6.07) is 0. The number of alkyl halides is 2. The lowest BCUT2D eigenvalue weighted by Gasteiger charge is -1.81. The van der Waals surface area contributed by atoms with Gasteiger partial charge in [-0.3, -0.25) is 0 Å². The van der Waals surface area contributed by atoms with Crippen molar-refractivity contribution >= 4 is 15.9 Å². The number of hydrogen-bond acceptors (Lipinski definition) is 1. The Morgan fingerprint density at radius 1 is 1.57 bits per heavy atom. The first-order chi connectivity index (χ1) is 2.64. The Hall–Kier alpha value is -0.240. The molecule has 0 rings (SSSR count). The maximum Gasteiger partial charge on any atom is 0.371 e. The summed E-state index contributed by atoms with van der Waals surface area (Å²) in [7, 11) is 0. The highest BCUT2D eigenvalue weighted by atomic mass is 31.0. The van der Waals surface area contributed by atoms with Gasteiger partial charge in [0.15, 0.2) is 0 Å². The molecule has 0 spiro atoms. The molecule has 0 aliphatic heterocycles. The third kappa shape index (κ3) is 5.76. The first-order valence-corrected chi connectivity index (χ1v) is 1.15. The quantitative estimate of drug-likeness (QED) is 0.521. The van der Waals surface area contributed by atoms with Crippen molar-refractivity contribution in [2.75, 3.05) is 0 Å². The van der Waals surface area contributed by atoms with Crippen LogP contribution in [0.5, 0.6) is 0 Å². The fourth-order valence-corrected chi connectivity index (χ4v) is 0. The zero-order valence-electron chi connectivity index (χ0n) is 3.40. The SMILES string of the molecule is O=C(O)C(F)F.P. The fraction of sp³-hybridized carbons (Fsp3) is 0.500. The smallest absolute Gasteiger partial charge is 0.371 e. The van der Waals surface area contributed by atoms with Gasteiger partial charge in [-0.15, -0.1) is 0 Å². The second kappa shape index (κ2) is 3.93. The largest absolute Gasteiger partial charge is 0.477 e. The summed E-state index contributed by atoms with van der Waals surface area (Å²) >= 11 is 0. The van der Waals surface area contributed by atoms with Crippen LogP contribution < -0.4 is 0 Å². The van der Waals surface area contributed by atoms with Crippen LogP contribution in [0.25, 0.3) is 0 Å². The van der Waals surface area contributed by atoms with E-state index >= 15 is 0 Å². The number of carbonyl (C=O) groups is 1. The predicted octanol–water partition coefficient (Wildman–Crippen LogP) is 0.394. The van der Waals surface area contributed by atoms with Crippen LogP contribution in [-0.2, 0) is 4.79 Å². The maximum absolute atomic E-state index is 10.6. The van der Waals surface area contributed by atoms with Crippen LogP contribution in [0.4, 0.5) is 8.78 Å². The van der Waals surface area contributed by atoms with E-state index in [-0.39, 0.29) is 9.90 Å². The van der Waals surface area contributed by atoms with Gasteiger partial charge in [0.1, 0.15) is 0 Å². The number of rotatable bonds is 1. The van der Waals surface area contributed by atoms with Crippen molar-refractivity contribution in [2.24, 2.45) is 0 Å². The standard InChI is InChI=1S/C2H2F2O2.H3P/c3-1(4)2(5)6;/h1H,(H,5,6);1H3. The summed E-state index contributed by atoms with van der Waals surface area (Å²) in [6.45, 7) is 0. The number of halogens is 2. The van der Waals surface area contributed by atoms with Crippen LogP contribution in [0.2, 0.25) is 0 Å². The Balaban J connectivity index is 0. The fourth-order valence-electron chi connectivity index (χ4n) is 0. The van der Waals surface area contributed by atoms with Crippen molar-refractivity contribution in [3.63, 3.8) is 0 Å². The Morgan fingerprint density at radius 3 is 1.71 bits per heavy atom. The molecule has 44 valence electrons.